The average molecular weight is 252 g/mol. The summed E-state index contributed by atoms with van der Waals surface area (Å²) in [6.07, 6.45) is 9.66. The molecule has 2 fully saturated rings. The van der Waals surface area contributed by atoms with Crippen molar-refractivity contribution in [1.29, 1.82) is 0 Å². The normalized spacial score (nSPS) is 38.3. The highest BCUT2D eigenvalue weighted by atomic mass is 15.1. The van der Waals surface area contributed by atoms with Crippen LogP contribution in [-0.2, 0) is 0 Å². The van der Waals surface area contributed by atoms with Gasteiger partial charge in [0.2, 0.25) is 0 Å². The summed E-state index contributed by atoms with van der Waals surface area (Å²) in [6.45, 7) is 8.50. The fourth-order valence-electron chi connectivity index (χ4n) is 3.60. The molecule has 1 saturated heterocycles. The molecule has 0 aromatic carbocycles. The Balaban J connectivity index is 1.79. The average Bonchev–Trinajstić information content (AvgIpc) is 2.46. The zero-order chi connectivity index (χ0) is 13.2. The topological polar surface area (TPSA) is 15.3 Å². The maximum absolute atomic E-state index is 3.96. The third kappa shape index (κ3) is 3.96. The van der Waals surface area contributed by atoms with E-state index < -0.39 is 0 Å². The van der Waals surface area contributed by atoms with Crippen molar-refractivity contribution in [2.75, 3.05) is 13.6 Å². The predicted octanol–water partition coefficient (Wildman–Crippen LogP) is 3.42. The largest absolute Gasteiger partial charge is 0.311 e. The van der Waals surface area contributed by atoms with Gasteiger partial charge in [-0.1, -0.05) is 20.3 Å². The Bertz CT molecular complexity index is 262. The van der Waals surface area contributed by atoms with Crippen molar-refractivity contribution >= 4 is 0 Å². The highest BCUT2D eigenvalue weighted by molar-refractivity contribution is 4.86. The molecule has 1 heterocycles. The summed E-state index contributed by atoms with van der Waals surface area (Å²) < 4.78 is 0. The lowest BCUT2D eigenvalue weighted by atomic mass is 9.85. The molecule has 0 radical (unpaired) electrons. The summed E-state index contributed by atoms with van der Waals surface area (Å²) in [6, 6.07) is 2.30. The lowest BCUT2D eigenvalue weighted by Crippen LogP contribution is -2.48. The molecular weight excluding hydrogens is 220 g/mol. The molecule has 106 valence electrons. The van der Waals surface area contributed by atoms with E-state index in [1.807, 2.05) is 0 Å². The fraction of sp³-hybridized carbons (Fsp3) is 1.00. The van der Waals surface area contributed by atoms with E-state index in [1.54, 1.807) is 0 Å². The Labute approximate surface area is 114 Å². The molecule has 1 saturated carbocycles. The van der Waals surface area contributed by atoms with Crippen LogP contribution in [0.25, 0.3) is 0 Å². The van der Waals surface area contributed by atoms with Crippen LogP contribution in [0.5, 0.6) is 0 Å². The Morgan fingerprint density at radius 3 is 2.56 bits per heavy atom. The zero-order valence-corrected chi connectivity index (χ0v) is 12.8. The van der Waals surface area contributed by atoms with Crippen LogP contribution in [0.15, 0.2) is 0 Å². The summed E-state index contributed by atoms with van der Waals surface area (Å²) in [5.74, 6) is 0. The van der Waals surface area contributed by atoms with E-state index in [0.29, 0.717) is 5.41 Å². The number of likely N-dealkylation sites (tertiary alicyclic amines) is 1. The molecule has 3 atom stereocenters. The Kier molecular flexibility index (Phi) is 4.71. The second-order valence-electron chi connectivity index (χ2n) is 7.51. The molecule has 0 spiro atoms. The quantitative estimate of drug-likeness (QED) is 0.758. The summed E-state index contributed by atoms with van der Waals surface area (Å²) in [4.78, 5) is 2.49. The van der Waals surface area contributed by atoms with Crippen LogP contribution in [0.4, 0.5) is 0 Å². The van der Waals surface area contributed by atoms with Gasteiger partial charge in [-0.25, -0.2) is 0 Å². The van der Waals surface area contributed by atoms with Gasteiger partial charge in [0.15, 0.2) is 0 Å². The van der Waals surface area contributed by atoms with E-state index >= 15 is 0 Å². The summed E-state index contributed by atoms with van der Waals surface area (Å²) in [5.41, 5.74) is 0.580. The Hall–Kier alpha value is -0.0800. The van der Waals surface area contributed by atoms with Crippen molar-refractivity contribution in [3.63, 3.8) is 0 Å². The predicted molar refractivity (Wildman–Crippen MR) is 78.9 cm³/mol. The molecule has 18 heavy (non-hydrogen) atoms. The number of nitrogens with zero attached hydrogens (tertiary/aromatic N) is 1. The maximum Gasteiger partial charge on any atom is 0.00966 e. The molecule has 1 N–H and O–H groups in total. The van der Waals surface area contributed by atoms with Crippen LogP contribution < -0.4 is 5.32 Å². The first-order valence-electron chi connectivity index (χ1n) is 7.92. The molecule has 0 bridgehead atoms. The third-order valence-electron chi connectivity index (χ3n) is 5.26. The molecule has 2 rings (SSSR count). The SMILES string of the molecule is CC1CC(NC2CCCC(C)(C)CC2)CCN1C. The van der Waals surface area contributed by atoms with Crippen molar-refractivity contribution in [2.24, 2.45) is 5.41 Å². The third-order valence-corrected chi connectivity index (χ3v) is 5.26. The summed E-state index contributed by atoms with van der Waals surface area (Å²) >= 11 is 0. The standard InChI is InChI=1S/C16H32N2/c1-13-12-15(8-11-18(13)4)17-14-6-5-9-16(2,3)10-7-14/h13-15,17H,5-12H2,1-4H3. The van der Waals surface area contributed by atoms with Gasteiger partial charge in [-0.3, -0.25) is 0 Å². The first-order valence-corrected chi connectivity index (χ1v) is 7.92. The van der Waals surface area contributed by atoms with Gasteiger partial charge in [-0.05, 0) is 64.5 Å². The second-order valence-corrected chi connectivity index (χ2v) is 7.51. The number of rotatable bonds is 2. The number of piperidine rings is 1. The van der Waals surface area contributed by atoms with Crippen molar-refractivity contribution < 1.29 is 0 Å². The van der Waals surface area contributed by atoms with E-state index in [4.69, 9.17) is 0 Å². The Morgan fingerprint density at radius 1 is 1.06 bits per heavy atom. The van der Waals surface area contributed by atoms with Gasteiger partial charge < -0.3 is 10.2 Å². The Morgan fingerprint density at radius 2 is 1.83 bits per heavy atom. The molecule has 1 aliphatic carbocycles. The van der Waals surface area contributed by atoms with E-state index in [1.165, 1.54) is 51.5 Å². The molecule has 3 unspecified atom stereocenters. The van der Waals surface area contributed by atoms with Gasteiger partial charge in [0.25, 0.3) is 0 Å². The minimum atomic E-state index is 0.580. The van der Waals surface area contributed by atoms with Gasteiger partial charge in [-0.15, -0.1) is 0 Å². The lowest BCUT2D eigenvalue weighted by Gasteiger charge is -2.37. The van der Waals surface area contributed by atoms with Crippen LogP contribution >= 0.6 is 0 Å². The van der Waals surface area contributed by atoms with Gasteiger partial charge >= 0.3 is 0 Å². The van der Waals surface area contributed by atoms with Crippen molar-refractivity contribution in [3.05, 3.63) is 0 Å². The smallest absolute Gasteiger partial charge is 0.00966 e. The van der Waals surface area contributed by atoms with E-state index in [9.17, 15) is 0 Å². The molecular formula is C16H32N2. The van der Waals surface area contributed by atoms with E-state index in [0.717, 1.165) is 18.1 Å². The van der Waals surface area contributed by atoms with Crippen LogP contribution in [0.3, 0.4) is 0 Å². The number of nitrogens with one attached hydrogen (secondary N) is 1. The summed E-state index contributed by atoms with van der Waals surface area (Å²) in [5, 5.41) is 3.96. The van der Waals surface area contributed by atoms with Crippen LogP contribution in [0.2, 0.25) is 0 Å². The minimum absolute atomic E-state index is 0.580. The second kappa shape index (κ2) is 5.92. The van der Waals surface area contributed by atoms with Gasteiger partial charge in [-0.2, -0.15) is 0 Å². The van der Waals surface area contributed by atoms with Crippen LogP contribution in [-0.4, -0.2) is 36.6 Å². The zero-order valence-electron chi connectivity index (χ0n) is 12.8. The van der Waals surface area contributed by atoms with E-state index in [2.05, 4.69) is 38.0 Å². The van der Waals surface area contributed by atoms with E-state index in [-0.39, 0.29) is 0 Å². The van der Waals surface area contributed by atoms with Gasteiger partial charge in [0, 0.05) is 18.1 Å². The minimum Gasteiger partial charge on any atom is -0.311 e. The first kappa shape index (κ1) is 14.3. The molecule has 2 aliphatic rings. The molecule has 2 heteroatoms. The lowest BCUT2D eigenvalue weighted by molar-refractivity contribution is 0.159. The molecule has 0 aromatic heterocycles. The number of hydrogen-bond donors (Lipinski definition) is 1. The van der Waals surface area contributed by atoms with Crippen molar-refractivity contribution in [1.82, 2.24) is 10.2 Å². The molecule has 2 nitrogen and oxygen atoms in total. The first-order chi connectivity index (χ1) is 8.46. The van der Waals surface area contributed by atoms with Crippen LogP contribution in [0, 0.1) is 5.41 Å². The summed E-state index contributed by atoms with van der Waals surface area (Å²) in [7, 11) is 2.26. The van der Waals surface area contributed by atoms with Crippen molar-refractivity contribution in [2.45, 2.75) is 83.8 Å². The highest BCUT2D eigenvalue weighted by Gasteiger charge is 2.28. The molecule has 0 aromatic rings. The number of hydrogen-bond acceptors (Lipinski definition) is 2. The molecule has 1 aliphatic heterocycles. The fourth-order valence-corrected chi connectivity index (χ4v) is 3.60. The van der Waals surface area contributed by atoms with Gasteiger partial charge in [0.1, 0.15) is 0 Å². The van der Waals surface area contributed by atoms with Crippen LogP contribution in [0.1, 0.15) is 65.7 Å². The van der Waals surface area contributed by atoms with Gasteiger partial charge in [0.05, 0.1) is 0 Å². The van der Waals surface area contributed by atoms with Crippen molar-refractivity contribution in [3.8, 4) is 0 Å². The highest BCUT2D eigenvalue weighted by Crippen LogP contribution is 2.34. The maximum atomic E-state index is 3.96. The molecule has 0 amide bonds. The monoisotopic (exact) mass is 252 g/mol.